The molecule has 0 aliphatic rings. The maximum atomic E-state index is 10.9. The lowest BCUT2D eigenvalue weighted by Crippen LogP contribution is -2.13. The lowest BCUT2D eigenvalue weighted by Gasteiger charge is -2.05. The number of rotatable bonds is 6. The number of carbonyl (C=O) groups excluding carboxylic acids is 1. The molecular weight excluding hydrogens is 206 g/mol. The minimum absolute atomic E-state index is 0. The SMILES string of the molecule is CCCOC(=N)CC(=O)OCCC.Cl. The van der Waals surface area contributed by atoms with Gasteiger partial charge in [0.15, 0.2) is 5.90 Å². The Hall–Kier alpha value is -0.770. The average Bonchev–Trinajstić information content (AvgIpc) is 2.11. The van der Waals surface area contributed by atoms with Gasteiger partial charge in [-0.2, -0.15) is 0 Å². The Morgan fingerprint density at radius 2 is 1.64 bits per heavy atom. The number of carbonyl (C=O) groups is 1. The zero-order valence-corrected chi connectivity index (χ0v) is 9.49. The monoisotopic (exact) mass is 223 g/mol. The van der Waals surface area contributed by atoms with Gasteiger partial charge in [-0.3, -0.25) is 10.2 Å². The van der Waals surface area contributed by atoms with Crippen molar-refractivity contribution in [2.45, 2.75) is 33.1 Å². The summed E-state index contributed by atoms with van der Waals surface area (Å²) in [7, 11) is 0. The van der Waals surface area contributed by atoms with E-state index in [9.17, 15) is 4.79 Å². The number of hydrogen-bond acceptors (Lipinski definition) is 4. The average molecular weight is 224 g/mol. The first-order valence-corrected chi connectivity index (χ1v) is 4.56. The van der Waals surface area contributed by atoms with Gasteiger partial charge in [-0.25, -0.2) is 0 Å². The molecule has 1 N–H and O–H groups in total. The van der Waals surface area contributed by atoms with Crippen LogP contribution in [0.2, 0.25) is 0 Å². The summed E-state index contributed by atoms with van der Waals surface area (Å²) < 4.78 is 9.71. The summed E-state index contributed by atoms with van der Waals surface area (Å²) in [5.74, 6) is -0.397. The first kappa shape index (κ1) is 15.7. The molecule has 0 saturated heterocycles. The summed E-state index contributed by atoms with van der Waals surface area (Å²) >= 11 is 0. The van der Waals surface area contributed by atoms with Crippen LogP contribution in [0.1, 0.15) is 33.1 Å². The van der Waals surface area contributed by atoms with Gasteiger partial charge in [0.1, 0.15) is 6.42 Å². The van der Waals surface area contributed by atoms with Crippen LogP contribution < -0.4 is 0 Å². The minimum Gasteiger partial charge on any atom is -0.481 e. The van der Waals surface area contributed by atoms with Crippen molar-refractivity contribution >= 4 is 24.3 Å². The van der Waals surface area contributed by atoms with Crippen molar-refractivity contribution in [2.24, 2.45) is 0 Å². The number of ether oxygens (including phenoxy) is 2. The van der Waals surface area contributed by atoms with Gasteiger partial charge in [-0.15, -0.1) is 12.4 Å². The summed E-state index contributed by atoms with van der Waals surface area (Å²) in [6, 6.07) is 0. The molecule has 0 fully saturated rings. The molecule has 0 aliphatic heterocycles. The molecule has 0 atom stereocenters. The minimum atomic E-state index is -0.386. The second-order valence-electron chi connectivity index (χ2n) is 2.67. The predicted molar refractivity (Wildman–Crippen MR) is 57.1 cm³/mol. The van der Waals surface area contributed by atoms with Crippen LogP contribution in [0.25, 0.3) is 0 Å². The predicted octanol–water partition coefficient (Wildman–Crippen LogP) is 2.16. The van der Waals surface area contributed by atoms with E-state index in [4.69, 9.17) is 14.9 Å². The summed E-state index contributed by atoms with van der Waals surface area (Å²) in [5.41, 5.74) is 0. The van der Waals surface area contributed by atoms with Crippen LogP contribution in [0.15, 0.2) is 0 Å². The maximum Gasteiger partial charge on any atom is 0.315 e. The fourth-order valence-corrected chi connectivity index (χ4v) is 0.674. The number of esters is 1. The van der Waals surface area contributed by atoms with E-state index >= 15 is 0 Å². The van der Waals surface area contributed by atoms with E-state index in [1.54, 1.807) is 0 Å². The highest BCUT2D eigenvalue weighted by Gasteiger charge is 2.07. The van der Waals surface area contributed by atoms with Crippen molar-refractivity contribution in [1.82, 2.24) is 0 Å². The highest BCUT2D eigenvalue weighted by Crippen LogP contribution is 1.93. The van der Waals surface area contributed by atoms with Gasteiger partial charge < -0.3 is 9.47 Å². The van der Waals surface area contributed by atoms with E-state index in [-0.39, 0.29) is 30.7 Å². The van der Waals surface area contributed by atoms with E-state index < -0.39 is 0 Å². The molecule has 0 radical (unpaired) electrons. The van der Waals surface area contributed by atoms with E-state index in [1.807, 2.05) is 13.8 Å². The third kappa shape index (κ3) is 9.32. The molecule has 0 rings (SSSR count). The smallest absolute Gasteiger partial charge is 0.315 e. The molecule has 0 unspecified atom stereocenters. The van der Waals surface area contributed by atoms with Crippen molar-refractivity contribution < 1.29 is 14.3 Å². The fourth-order valence-electron chi connectivity index (χ4n) is 0.674. The molecule has 0 aromatic carbocycles. The van der Waals surface area contributed by atoms with Gasteiger partial charge in [0, 0.05) is 0 Å². The van der Waals surface area contributed by atoms with Gasteiger partial charge in [-0.05, 0) is 12.8 Å². The summed E-state index contributed by atoms with van der Waals surface area (Å²) in [6.07, 6.45) is 1.58. The van der Waals surface area contributed by atoms with Crippen molar-refractivity contribution in [3.63, 3.8) is 0 Å². The highest BCUT2D eigenvalue weighted by molar-refractivity contribution is 5.92. The summed E-state index contributed by atoms with van der Waals surface area (Å²) in [5, 5.41) is 7.23. The van der Waals surface area contributed by atoms with Crippen LogP contribution in [0, 0.1) is 5.41 Å². The molecule has 0 saturated carbocycles. The Labute approximate surface area is 90.9 Å². The Balaban J connectivity index is 0. The van der Waals surface area contributed by atoms with E-state index in [0.29, 0.717) is 13.2 Å². The van der Waals surface area contributed by atoms with Crippen molar-refractivity contribution in [3.05, 3.63) is 0 Å². The molecule has 0 spiro atoms. The topological polar surface area (TPSA) is 59.4 Å². The van der Waals surface area contributed by atoms with Gasteiger partial charge in [-0.1, -0.05) is 13.8 Å². The Kier molecular flexibility index (Phi) is 11.6. The Morgan fingerprint density at radius 1 is 1.14 bits per heavy atom. The number of hydrogen-bond donors (Lipinski definition) is 1. The number of halogens is 1. The van der Waals surface area contributed by atoms with Gasteiger partial charge in [0.05, 0.1) is 13.2 Å². The maximum absolute atomic E-state index is 10.9. The molecule has 0 aromatic rings. The molecule has 84 valence electrons. The van der Waals surface area contributed by atoms with Crippen LogP contribution in [-0.2, 0) is 14.3 Å². The van der Waals surface area contributed by atoms with Crippen LogP contribution in [0.5, 0.6) is 0 Å². The zero-order valence-electron chi connectivity index (χ0n) is 8.67. The molecule has 14 heavy (non-hydrogen) atoms. The lowest BCUT2D eigenvalue weighted by molar-refractivity contribution is -0.142. The van der Waals surface area contributed by atoms with Gasteiger partial charge in [0.2, 0.25) is 0 Å². The molecule has 0 aromatic heterocycles. The van der Waals surface area contributed by atoms with Crippen molar-refractivity contribution in [1.29, 1.82) is 5.41 Å². The van der Waals surface area contributed by atoms with E-state index in [1.165, 1.54) is 0 Å². The normalized spacial score (nSPS) is 8.71. The lowest BCUT2D eigenvalue weighted by atomic mass is 10.4. The molecule has 0 heterocycles. The first-order valence-electron chi connectivity index (χ1n) is 4.56. The Bertz CT molecular complexity index is 155. The van der Waals surface area contributed by atoms with Gasteiger partial charge in [0.25, 0.3) is 0 Å². The second-order valence-corrected chi connectivity index (χ2v) is 2.67. The van der Waals surface area contributed by atoms with E-state index in [2.05, 4.69) is 0 Å². The van der Waals surface area contributed by atoms with Gasteiger partial charge >= 0.3 is 5.97 Å². The van der Waals surface area contributed by atoms with E-state index in [0.717, 1.165) is 12.8 Å². The van der Waals surface area contributed by atoms with Crippen LogP contribution in [0.4, 0.5) is 0 Å². The first-order chi connectivity index (χ1) is 6.20. The fraction of sp³-hybridized carbons (Fsp3) is 0.778. The number of nitrogens with one attached hydrogen (secondary N) is 1. The van der Waals surface area contributed by atoms with Crippen molar-refractivity contribution in [3.8, 4) is 0 Å². The third-order valence-electron chi connectivity index (χ3n) is 1.25. The largest absolute Gasteiger partial charge is 0.481 e. The van der Waals surface area contributed by atoms with Crippen LogP contribution in [0.3, 0.4) is 0 Å². The molecule has 5 heteroatoms. The van der Waals surface area contributed by atoms with Crippen LogP contribution in [-0.4, -0.2) is 25.1 Å². The molecule has 0 bridgehead atoms. The zero-order chi connectivity index (χ0) is 10.1. The molecule has 0 aliphatic carbocycles. The molecule has 4 nitrogen and oxygen atoms in total. The quantitative estimate of drug-likeness (QED) is 0.427. The summed E-state index contributed by atoms with van der Waals surface area (Å²) in [4.78, 5) is 10.9. The Morgan fingerprint density at radius 3 is 2.14 bits per heavy atom. The van der Waals surface area contributed by atoms with Crippen molar-refractivity contribution in [2.75, 3.05) is 13.2 Å². The summed E-state index contributed by atoms with van der Waals surface area (Å²) in [6.45, 7) is 4.77. The molecular formula is C9H18ClNO3. The third-order valence-corrected chi connectivity index (χ3v) is 1.25. The highest BCUT2D eigenvalue weighted by atomic mass is 35.5. The molecule has 0 amide bonds. The second kappa shape index (κ2) is 10.3. The van der Waals surface area contributed by atoms with Crippen LogP contribution >= 0.6 is 12.4 Å². The standard InChI is InChI=1S/C9H17NO3.ClH/c1-3-5-12-8(10)7-9(11)13-6-4-2;/h10H,3-7H2,1-2H3;1H.